The summed E-state index contributed by atoms with van der Waals surface area (Å²) in [6.07, 6.45) is 0. The van der Waals surface area contributed by atoms with Gasteiger partial charge in [-0.25, -0.2) is 4.79 Å². The van der Waals surface area contributed by atoms with Gasteiger partial charge in [-0.2, -0.15) is 5.26 Å². The van der Waals surface area contributed by atoms with Crippen LogP contribution in [0.15, 0.2) is 101 Å². The number of fused-ring (bicyclic) bond motifs is 2. The summed E-state index contributed by atoms with van der Waals surface area (Å²) in [6.45, 7) is 6.27. The predicted octanol–water partition coefficient (Wildman–Crippen LogP) is 7.37. The molecule has 0 aliphatic carbocycles. The maximum Gasteiger partial charge on any atom is 0.379 e. The van der Waals surface area contributed by atoms with Crippen molar-refractivity contribution in [2.75, 3.05) is 0 Å². The quantitative estimate of drug-likeness (QED) is 0.172. The van der Waals surface area contributed by atoms with Crippen LogP contribution in [-0.2, 0) is 6.61 Å². The van der Waals surface area contributed by atoms with Crippen LogP contribution in [0.4, 0.5) is 0 Å². The lowest BCUT2D eigenvalue weighted by molar-refractivity contribution is 0.0702. The van der Waals surface area contributed by atoms with Gasteiger partial charge in [0.15, 0.2) is 0 Å². The number of nitrogens with two attached hydrogens (primary N) is 1. The SMILES string of the molecule is Cc1ccc(COc2cccc(C3C(C#N)=C(N)Oc4cc(OC(=O)c5oc6ccc(C)cc6c5C)ccc43)c2)cc1. The van der Waals surface area contributed by atoms with Gasteiger partial charge in [-0.3, -0.25) is 0 Å². The number of ether oxygens (including phenoxy) is 3. The topological polar surface area (TPSA) is 108 Å². The van der Waals surface area contributed by atoms with Gasteiger partial charge >= 0.3 is 5.97 Å². The molecule has 7 heteroatoms. The Morgan fingerprint density at radius 1 is 0.929 bits per heavy atom. The minimum absolute atomic E-state index is 0.00653. The Hall–Kier alpha value is -5.48. The van der Waals surface area contributed by atoms with E-state index in [-0.39, 0.29) is 23.0 Å². The van der Waals surface area contributed by atoms with E-state index in [2.05, 4.69) is 6.07 Å². The molecular weight excluding hydrogens is 528 g/mol. The minimum Gasteiger partial charge on any atom is -0.489 e. The maximum absolute atomic E-state index is 13.1. The maximum atomic E-state index is 13.1. The van der Waals surface area contributed by atoms with Gasteiger partial charge in [0.2, 0.25) is 11.6 Å². The Morgan fingerprint density at radius 2 is 1.71 bits per heavy atom. The average Bonchev–Trinajstić information content (AvgIpc) is 3.31. The number of esters is 1. The number of rotatable bonds is 6. The molecule has 208 valence electrons. The average molecular weight is 557 g/mol. The van der Waals surface area contributed by atoms with Crippen LogP contribution in [0, 0.1) is 32.1 Å². The zero-order valence-electron chi connectivity index (χ0n) is 23.4. The number of allylic oxidation sites excluding steroid dienone is 1. The van der Waals surface area contributed by atoms with Gasteiger partial charge in [0.05, 0.1) is 5.92 Å². The van der Waals surface area contributed by atoms with E-state index in [4.69, 9.17) is 24.4 Å². The summed E-state index contributed by atoms with van der Waals surface area (Å²) in [7, 11) is 0. The number of hydrogen-bond acceptors (Lipinski definition) is 7. The molecule has 5 aromatic rings. The standard InChI is InChI=1S/C35H28N2O5/c1-20-7-10-23(11-8-20)19-39-25-6-4-5-24(16-25)32-27-13-12-26(17-31(27)42-34(37)29(32)18-36)40-35(38)33-22(3)28-15-21(2)9-14-30(28)41-33/h4-17,32H,19,37H2,1-3H3. The molecule has 7 nitrogen and oxygen atoms in total. The molecule has 2 heterocycles. The number of nitriles is 1. The number of furan rings is 1. The summed E-state index contributed by atoms with van der Waals surface area (Å²) < 4.78 is 23.4. The van der Waals surface area contributed by atoms with E-state index < -0.39 is 11.9 Å². The van der Waals surface area contributed by atoms with Crippen molar-refractivity contribution in [3.63, 3.8) is 0 Å². The summed E-state index contributed by atoms with van der Waals surface area (Å²) >= 11 is 0. The largest absolute Gasteiger partial charge is 0.489 e. The van der Waals surface area contributed by atoms with Crippen molar-refractivity contribution < 1.29 is 23.4 Å². The zero-order chi connectivity index (χ0) is 29.4. The van der Waals surface area contributed by atoms with Gasteiger partial charge in [-0.1, -0.05) is 59.7 Å². The smallest absolute Gasteiger partial charge is 0.379 e. The first kappa shape index (κ1) is 26.7. The summed E-state index contributed by atoms with van der Waals surface area (Å²) in [5, 5.41) is 10.9. The first-order chi connectivity index (χ1) is 20.3. The van der Waals surface area contributed by atoms with E-state index in [1.54, 1.807) is 18.2 Å². The molecule has 0 spiro atoms. The lowest BCUT2D eigenvalue weighted by Crippen LogP contribution is -2.21. The molecule has 0 saturated heterocycles. The summed E-state index contributed by atoms with van der Waals surface area (Å²) in [5.41, 5.74) is 12.7. The molecule has 0 saturated carbocycles. The van der Waals surface area contributed by atoms with Crippen LogP contribution in [0.2, 0.25) is 0 Å². The van der Waals surface area contributed by atoms with Crippen LogP contribution in [-0.4, -0.2) is 5.97 Å². The third-order valence-corrected chi connectivity index (χ3v) is 7.40. The van der Waals surface area contributed by atoms with Crippen LogP contribution in [0.3, 0.4) is 0 Å². The van der Waals surface area contributed by atoms with E-state index in [0.717, 1.165) is 22.1 Å². The van der Waals surface area contributed by atoms with Crippen molar-refractivity contribution in [2.24, 2.45) is 5.73 Å². The molecule has 1 atom stereocenters. The van der Waals surface area contributed by atoms with Gasteiger partial charge in [0, 0.05) is 22.6 Å². The second kappa shape index (κ2) is 10.8. The van der Waals surface area contributed by atoms with Crippen molar-refractivity contribution in [1.82, 2.24) is 0 Å². The highest BCUT2D eigenvalue weighted by atomic mass is 16.5. The lowest BCUT2D eigenvalue weighted by atomic mass is 9.83. The Bertz CT molecular complexity index is 1910. The third-order valence-electron chi connectivity index (χ3n) is 7.40. The Kier molecular flexibility index (Phi) is 6.89. The van der Waals surface area contributed by atoms with Crippen LogP contribution in [0.5, 0.6) is 17.2 Å². The number of hydrogen-bond donors (Lipinski definition) is 1. The molecule has 0 bridgehead atoms. The van der Waals surface area contributed by atoms with Crippen molar-refractivity contribution >= 4 is 16.9 Å². The number of carbonyl (C=O) groups excluding carboxylic acids is 1. The summed E-state index contributed by atoms with van der Waals surface area (Å²) in [4.78, 5) is 13.1. The summed E-state index contributed by atoms with van der Waals surface area (Å²) in [5.74, 6) is 0.342. The van der Waals surface area contributed by atoms with E-state index in [1.165, 1.54) is 5.56 Å². The van der Waals surface area contributed by atoms with Gasteiger partial charge in [-0.15, -0.1) is 0 Å². The fourth-order valence-electron chi connectivity index (χ4n) is 5.16. The zero-order valence-corrected chi connectivity index (χ0v) is 23.4. The third kappa shape index (κ3) is 5.06. The highest BCUT2D eigenvalue weighted by Gasteiger charge is 2.31. The Balaban J connectivity index is 1.27. The molecule has 4 aromatic carbocycles. The molecule has 1 aliphatic heterocycles. The molecule has 6 rings (SSSR count). The van der Waals surface area contributed by atoms with Crippen LogP contribution in [0.25, 0.3) is 11.0 Å². The second-order valence-corrected chi connectivity index (χ2v) is 10.4. The van der Waals surface area contributed by atoms with Crippen molar-refractivity contribution in [3.05, 3.63) is 136 Å². The molecule has 1 unspecified atom stereocenters. The second-order valence-electron chi connectivity index (χ2n) is 10.4. The molecule has 0 amide bonds. The molecule has 2 N–H and O–H groups in total. The normalized spacial score (nSPS) is 14.2. The van der Waals surface area contributed by atoms with E-state index >= 15 is 0 Å². The monoisotopic (exact) mass is 556 g/mol. The molecule has 1 aliphatic rings. The number of carbonyl (C=O) groups is 1. The van der Waals surface area contributed by atoms with E-state index in [9.17, 15) is 10.1 Å². The Morgan fingerprint density at radius 3 is 2.50 bits per heavy atom. The predicted molar refractivity (Wildman–Crippen MR) is 158 cm³/mol. The van der Waals surface area contributed by atoms with Gasteiger partial charge < -0.3 is 24.4 Å². The summed E-state index contributed by atoms with van der Waals surface area (Å²) in [6, 6.07) is 28.7. The van der Waals surface area contributed by atoms with Gasteiger partial charge in [-0.05, 0) is 62.2 Å². The first-order valence-corrected chi connectivity index (χ1v) is 13.5. The lowest BCUT2D eigenvalue weighted by Gasteiger charge is -2.27. The molecular formula is C35H28N2O5. The fraction of sp³-hybridized carbons (Fsp3) is 0.143. The van der Waals surface area contributed by atoms with Crippen LogP contribution >= 0.6 is 0 Å². The number of nitrogens with zero attached hydrogens (tertiary/aromatic N) is 1. The van der Waals surface area contributed by atoms with Gasteiger partial charge in [0.25, 0.3) is 0 Å². The number of aryl methyl sites for hydroxylation is 3. The Labute approximate surface area is 243 Å². The van der Waals surface area contributed by atoms with Crippen LogP contribution in [0.1, 0.15) is 49.9 Å². The van der Waals surface area contributed by atoms with Gasteiger partial charge in [0.1, 0.15) is 41.1 Å². The van der Waals surface area contributed by atoms with Crippen molar-refractivity contribution in [1.29, 1.82) is 5.26 Å². The molecule has 0 fully saturated rings. The fourth-order valence-corrected chi connectivity index (χ4v) is 5.16. The minimum atomic E-state index is -0.617. The molecule has 0 radical (unpaired) electrons. The van der Waals surface area contributed by atoms with Crippen molar-refractivity contribution in [2.45, 2.75) is 33.3 Å². The number of benzene rings is 4. The highest BCUT2D eigenvalue weighted by molar-refractivity contribution is 5.97. The van der Waals surface area contributed by atoms with Crippen molar-refractivity contribution in [3.8, 4) is 23.3 Å². The first-order valence-electron chi connectivity index (χ1n) is 13.5. The highest BCUT2D eigenvalue weighted by Crippen LogP contribution is 2.44. The van der Waals surface area contributed by atoms with Crippen LogP contribution < -0.4 is 19.9 Å². The molecule has 1 aromatic heterocycles. The molecule has 42 heavy (non-hydrogen) atoms. The van der Waals surface area contributed by atoms with E-state index in [1.807, 2.05) is 87.5 Å². The van der Waals surface area contributed by atoms with E-state index in [0.29, 0.717) is 34.8 Å².